The highest BCUT2D eigenvalue weighted by atomic mass is 16.5. The van der Waals surface area contributed by atoms with Crippen LogP contribution in [0.3, 0.4) is 0 Å². The van der Waals surface area contributed by atoms with Gasteiger partial charge in [-0.25, -0.2) is 0 Å². The third-order valence-corrected chi connectivity index (χ3v) is 2.59. The molecule has 5 heteroatoms. The fourth-order valence-corrected chi connectivity index (χ4v) is 1.57. The molecule has 0 aromatic carbocycles. The van der Waals surface area contributed by atoms with Gasteiger partial charge >= 0.3 is 0 Å². The molecule has 3 N–H and O–H groups in total. The summed E-state index contributed by atoms with van der Waals surface area (Å²) in [6.07, 6.45) is 0.0985. The van der Waals surface area contributed by atoms with E-state index in [0.717, 1.165) is 26.2 Å². The Morgan fingerprint density at radius 1 is 1.73 bits per heavy atom. The van der Waals surface area contributed by atoms with Crippen LogP contribution in [0.4, 0.5) is 0 Å². The van der Waals surface area contributed by atoms with Crippen molar-refractivity contribution in [3.05, 3.63) is 0 Å². The summed E-state index contributed by atoms with van der Waals surface area (Å²) in [4.78, 5) is 13.5. The molecule has 15 heavy (non-hydrogen) atoms. The summed E-state index contributed by atoms with van der Waals surface area (Å²) in [7, 11) is 0. The third kappa shape index (κ3) is 4.15. The van der Waals surface area contributed by atoms with E-state index in [0.29, 0.717) is 6.54 Å². The molecule has 0 radical (unpaired) electrons. The van der Waals surface area contributed by atoms with Crippen molar-refractivity contribution in [2.75, 3.05) is 32.8 Å². The quantitative estimate of drug-likeness (QED) is 0.642. The number of rotatable bonds is 4. The van der Waals surface area contributed by atoms with Gasteiger partial charge < -0.3 is 15.8 Å². The first kappa shape index (κ1) is 12.4. The van der Waals surface area contributed by atoms with Gasteiger partial charge in [0, 0.05) is 19.6 Å². The van der Waals surface area contributed by atoms with Gasteiger partial charge in [0.2, 0.25) is 5.91 Å². The molecule has 0 spiro atoms. The number of nitrogens with two attached hydrogens (primary N) is 1. The van der Waals surface area contributed by atoms with E-state index in [2.05, 4.69) is 17.1 Å². The lowest BCUT2D eigenvalue weighted by molar-refractivity contribution is -0.123. The van der Waals surface area contributed by atoms with E-state index in [1.54, 1.807) is 6.92 Å². The number of nitrogens with one attached hydrogen (secondary N) is 1. The predicted octanol–water partition coefficient (Wildman–Crippen LogP) is -0.829. The van der Waals surface area contributed by atoms with Gasteiger partial charge in [0.05, 0.1) is 18.8 Å². The van der Waals surface area contributed by atoms with Crippen LogP contribution in [0.15, 0.2) is 0 Å². The molecule has 0 saturated carbocycles. The standard InChI is InChI=1S/C10H21N3O2/c1-3-13-4-5-15-9(7-13)6-12-10(14)8(2)11/h8-9H,3-7,11H2,1-2H3,(H,12,14)/t8-,9?/m1/s1. The van der Waals surface area contributed by atoms with Crippen molar-refractivity contribution in [1.82, 2.24) is 10.2 Å². The van der Waals surface area contributed by atoms with Gasteiger partial charge in [-0.15, -0.1) is 0 Å². The minimum atomic E-state index is -0.448. The van der Waals surface area contributed by atoms with Gasteiger partial charge in [-0.05, 0) is 13.5 Å². The Morgan fingerprint density at radius 3 is 3.07 bits per heavy atom. The van der Waals surface area contributed by atoms with Crippen molar-refractivity contribution >= 4 is 5.91 Å². The highest BCUT2D eigenvalue weighted by molar-refractivity contribution is 5.80. The van der Waals surface area contributed by atoms with Crippen molar-refractivity contribution in [3.8, 4) is 0 Å². The van der Waals surface area contributed by atoms with Crippen molar-refractivity contribution in [3.63, 3.8) is 0 Å². The lowest BCUT2D eigenvalue weighted by atomic mass is 10.2. The highest BCUT2D eigenvalue weighted by Gasteiger charge is 2.20. The van der Waals surface area contributed by atoms with E-state index in [-0.39, 0.29) is 12.0 Å². The summed E-state index contributed by atoms with van der Waals surface area (Å²) in [6, 6.07) is -0.448. The SMILES string of the molecule is CCN1CCOC(CNC(=O)[C@@H](C)N)C1. The van der Waals surface area contributed by atoms with E-state index in [4.69, 9.17) is 10.5 Å². The van der Waals surface area contributed by atoms with Gasteiger partial charge in [-0.2, -0.15) is 0 Å². The summed E-state index contributed by atoms with van der Waals surface area (Å²) in [5, 5.41) is 2.78. The number of morpholine rings is 1. The van der Waals surface area contributed by atoms with Crippen LogP contribution in [-0.2, 0) is 9.53 Å². The molecule has 5 nitrogen and oxygen atoms in total. The first-order chi connectivity index (χ1) is 7.13. The molecular formula is C10H21N3O2. The van der Waals surface area contributed by atoms with Crippen LogP contribution in [0.5, 0.6) is 0 Å². The maximum absolute atomic E-state index is 11.2. The predicted molar refractivity (Wildman–Crippen MR) is 58.5 cm³/mol. The molecule has 1 aliphatic heterocycles. The van der Waals surface area contributed by atoms with Crippen LogP contribution in [-0.4, -0.2) is 55.7 Å². The molecule has 1 amide bonds. The van der Waals surface area contributed by atoms with E-state index < -0.39 is 6.04 Å². The second kappa shape index (κ2) is 6.05. The fourth-order valence-electron chi connectivity index (χ4n) is 1.57. The Kier molecular flexibility index (Phi) is 5.01. The van der Waals surface area contributed by atoms with Crippen molar-refractivity contribution in [2.45, 2.75) is 26.0 Å². The topological polar surface area (TPSA) is 67.6 Å². The van der Waals surface area contributed by atoms with Crippen LogP contribution < -0.4 is 11.1 Å². The summed E-state index contributed by atoms with van der Waals surface area (Å²) < 4.78 is 5.54. The minimum absolute atomic E-state index is 0.0985. The average molecular weight is 215 g/mol. The Bertz CT molecular complexity index is 209. The van der Waals surface area contributed by atoms with Gasteiger partial charge in [0.1, 0.15) is 0 Å². The van der Waals surface area contributed by atoms with Gasteiger partial charge in [-0.1, -0.05) is 6.92 Å². The number of ether oxygens (including phenoxy) is 1. The molecule has 0 aromatic rings. The number of likely N-dealkylation sites (N-methyl/N-ethyl adjacent to an activating group) is 1. The van der Waals surface area contributed by atoms with Gasteiger partial charge in [0.15, 0.2) is 0 Å². The van der Waals surface area contributed by atoms with Crippen molar-refractivity contribution in [1.29, 1.82) is 0 Å². The van der Waals surface area contributed by atoms with E-state index in [1.807, 2.05) is 0 Å². The first-order valence-corrected chi connectivity index (χ1v) is 5.50. The minimum Gasteiger partial charge on any atom is -0.374 e. The number of hydrogen-bond acceptors (Lipinski definition) is 4. The summed E-state index contributed by atoms with van der Waals surface area (Å²) in [5.41, 5.74) is 5.44. The zero-order valence-corrected chi connectivity index (χ0v) is 9.53. The molecule has 1 heterocycles. The zero-order valence-electron chi connectivity index (χ0n) is 9.53. The van der Waals surface area contributed by atoms with E-state index in [1.165, 1.54) is 0 Å². The molecule has 88 valence electrons. The van der Waals surface area contributed by atoms with Crippen LogP contribution in [0, 0.1) is 0 Å². The van der Waals surface area contributed by atoms with E-state index in [9.17, 15) is 4.79 Å². The lowest BCUT2D eigenvalue weighted by Gasteiger charge is -2.32. The Balaban J connectivity index is 2.23. The Hall–Kier alpha value is -0.650. The van der Waals surface area contributed by atoms with E-state index >= 15 is 0 Å². The summed E-state index contributed by atoms with van der Waals surface area (Å²) in [6.45, 7) is 7.99. The zero-order chi connectivity index (χ0) is 11.3. The first-order valence-electron chi connectivity index (χ1n) is 5.50. The molecule has 2 atom stereocenters. The average Bonchev–Trinajstić information content (AvgIpc) is 2.26. The Morgan fingerprint density at radius 2 is 2.47 bits per heavy atom. The molecule has 1 aliphatic rings. The maximum atomic E-state index is 11.2. The smallest absolute Gasteiger partial charge is 0.236 e. The number of carbonyl (C=O) groups excluding carboxylic acids is 1. The lowest BCUT2D eigenvalue weighted by Crippen LogP contribution is -2.49. The van der Waals surface area contributed by atoms with Crippen LogP contribution >= 0.6 is 0 Å². The van der Waals surface area contributed by atoms with Crippen LogP contribution in [0.1, 0.15) is 13.8 Å². The molecule has 1 rings (SSSR count). The number of carbonyl (C=O) groups is 1. The summed E-state index contributed by atoms with van der Waals surface area (Å²) in [5.74, 6) is -0.118. The van der Waals surface area contributed by atoms with Crippen molar-refractivity contribution < 1.29 is 9.53 Å². The molecule has 0 aliphatic carbocycles. The van der Waals surface area contributed by atoms with Gasteiger partial charge in [0.25, 0.3) is 0 Å². The second-order valence-electron chi connectivity index (χ2n) is 3.92. The summed E-state index contributed by atoms with van der Waals surface area (Å²) >= 11 is 0. The molecule has 1 fully saturated rings. The van der Waals surface area contributed by atoms with Crippen LogP contribution in [0.25, 0.3) is 0 Å². The number of amides is 1. The number of nitrogens with zero attached hydrogens (tertiary/aromatic N) is 1. The molecular weight excluding hydrogens is 194 g/mol. The molecule has 0 bridgehead atoms. The largest absolute Gasteiger partial charge is 0.374 e. The second-order valence-corrected chi connectivity index (χ2v) is 3.92. The highest BCUT2D eigenvalue weighted by Crippen LogP contribution is 2.03. The van der Waals surface area contributed by atoms with Crippen LogP contribution in [0.2, 0.25) is 0 Å². The molecule has 1 saturated heterocycles. The third-order valence-electron chi connectivity index (χ3n) is 2.59. The number of hydrogen-bond donors (Lipinski definition) is 2. The Labute approximate surface area is 90.9 Å². The maximum Gasteiger partial charge on any atom is 0.236 e. The fraction of sp³-hybridized carbons (Fsp3) is 0.900. The normalized spacial score (nSPS) is 24.9. The molecule has 1 unspecified atom stereocenters. The van der Waals surface area contributed by atoms with Crippen molar-refractivity contribution in [2.24, 2.45) is 5.73 Å². The van der Waals surface area contributed by atoms with Gasteiger partial charge in [-0.3, -0.25) is 9.69 Å². The molecule has 0 aromatic heterocycles. The monoisotopic (exact) mass is 215 g/mol.